The summed E-state index contributed by atoms with van der Waals surface area (Å²) in [6, 6.07) is 112. The van der Waals surface area contributed by atoms with Crippen LogP contribution >= 0.6 is 0 Å². The lowest BCUT2D eigenvalue weighted by Crippen LogP contribution is -2.17. The number of fused-ring (bicyclic) bond motifs is 12. The number of benzene rings is 13. The van der Waals surface area contributed by atoms with Crippen LogP contribution in [0.5, 0.6) is 0 Å². The van der Waals surface area contributed by atoms with Gasteiger partial charge in [-0.1, -0.05) is 258 Å². The Hall–Kier alpha value is -11.1. The molecular weight excluding hydrogens is 1080 g/mol. The number of nitrogens with zero attached hydrogens (tertiary/aromatic N) is 2. The van der Waals surface area contributed by atoms with Gasteiger partial charge in [0.15, 0.2) is 0 Å². The average molecular weight is 1150 g/mol. The van der Waals surface area contributed by atoms with E-state index in [0.29, 0.717) is 0 Å². The van der Waals surface area contributed by atoms with Gasteiger partial charge in [-0.2, -0.15) is 0 Å². The molecule has 0 unspecified atom stereocenters. The zero-order valence-corrected chi connectivity index (χ0v) is 50.9. The minimum atomic E-state index is -0.210. The van der Waals surface area contributed by atoms with Crippen molar-refractivity contribution < 1.29 is 0 Å². The van der Waals surface area contributed by atoms with Crippen LogP contribution < -0.4 is 0 Å². The molecule has 0 atom stereocenters. The van der Waals surface area contributed by atoms with Gasteiger partial charge in [0.1, 0.15) is 0 Å². The van der Waals surface area contributed by atoms with Gasteiger partial charge in [-0.05, 0) is 196 Å². The predicted molar refractivity (Wildman–Crippen MR) is 381 cm³/mol. The van der Waals surface area contributed by atoms with E-state index in [1.165, 1.54) is 166 Å². The van der Waals surface area contributed by atoms with Crippen molar-refractivity contribution >= 4 is 66.9 Å². The highest BCUT2D eigenvalue weighted by Crippen LogP contribution is 2.57. The first-order chi connectivity index (χ1) is 44.1. The maximum atomic E-state index is 2.54. The van der Waals surface area contributed by atoms with Crippen molar-refractivity contribution in [2.45, 2.75) is 38.5 Å². The molecular formula is C88H64N2. The number of para-hydroxylation sites is 4. The van der Waals surface area contributed by atoms with E-state index in [1.807, 2.05) is 0 Å². The van der Waals surface area contributed by atoms with E-state index in [1.54, 1.807) is 0 Å². The van der Waals surface area contributed by atoms with Crippen LogP contribution in [0.3, 0.4) is 0 Å². The van der Waals surface area contributed by atoms with Gasteiger partial charge in [0.2, 0.25) is 0 Å². The lowest BCUT2D eigenvalue weighted by atomic mass is 9.79. The summed E-state index contributed by atoms with van der Waals surface area (Å²) in [5.41, 5.74) is 32.0. The summed E-state index contributed by atoms with van der Waals surface area (Å²) in [5, 5.41) is 5.03. The number of rotatable bonds is 10. The summed E-state index contributed by atoms with van der Waals surface area (Å²) < 4.78 is 4.76. The molecule has 2 nitrogen and oxygen atoms in total. The van der Waals surface area contributed by atoms with Crippen LogP contribution in [0.2, 0.25) is 0 Å². The molecule has 90 heavy (non-hydrogen) atoms. The molecule has 0 fully saturated rings. The van der Waals surface area contributed by atoms with Crippen molar-refractivity contribution in [1.29, 1.82) is 0 Å². The van der Waals surface area contributed by atoms with Crippen molar-refractivity contribution in [3.05, 3.63) is 359 Å². The van der Waals surface area contributed by atoms with E-state index in [4.69, 9.17) is 0 Å². The second kappa shape index (κ2) is 20.8. The molecule has 2 aliphatic rings. The molecule has 2 heteroatoms. The molecule has 17 rings (SSSR count). The van der Waals surface area contributed by atoms with E-state index in [2.05, 4.69) is 352 Å². The molecule has 15 aromatic rings. The summed E-state index contributed by atoms with van der Waals surface area (Å²) >= 11 is 0. The van der Waals surface area contributed by atoms with Gasteiger partial charge in [-0.15, -0.1) is 0 Å². The Bertz CT molecular complexity index is 5060. The first kappa shape index (κ1) is 53.2. The number of aromatic nitrogens is 2. The SMILES string of the molecule is CC1(C)c2cc(C=C(c3ccccc3)c3ccc(-c4ccc5c(c4)c4ccccc4n5-c4ccccc4)cc3)ccc2-c2cc3c(cc21)-c1ccc(C=C(c2ccccc2)c2ccc(-c4ccc5c(c4)c4ccccc4n5-c4ccccc4)cc2)cc1C3(C)C. The second-order valence-corrected chi connectivity index (χ2v) is 25.6. The van der Waals surface area contributed by atoms with E-state index >= 15 is 0 Å². The van der Waals surface area contributed by atoms with Gasteiger partial charge in [0, 0.05) is 43.7 Å². The van der Waals surface area contributed by atoms with Crippen LogP contribution in [0.15, 0.2) is 303 Å². The number of hydrogen-bond donors (Lipinski definition) is 0. The van der Waals surface area contributed by atoms with Crippen molar-refractivity contribution in [3.63, 3.8) is 0 Å². The van der Waals surface area contributed by atoms with Crippen LogP contribution in [0, 0.1) is 0 Å². The standard InChI is InChI=1S/C88H64N2/c1-87(2)79-51-57(49-73(61-21-9-5-10-22-61)63-39-35-59(36-40-63)65-43-47-85-77(53-65)71-29-17-19-31-83(71)89(85)67-25-13-7-14-26-67)33-45-69(79)75-56-82-76(55-81(75)87)70-46-34-58(52-80(70)88(82,3)4)50-74(62-23-11-6-12-24-62)64-41-37-60(38-42-64)66-44-48-86-78(54-66)72-30-18-20-32-84(72)90(86)68-27-15-8-16-28-68/h5-56H,1-4H3. The third-order valence-electron chi connectivity index (χ3n) is 19.7. The van der Waals surface area contributed by atoms with Crippen molar-refractivity contribution in [1.82, 2.24) is 9.13 Å². The van der Waals surface area contributed by atoms with E-state index in [-0.39, 0.29) is 10.8 Å². The Labute approximate surface area is 526 Å². The molecule has 0 bridgehead atoms. The van der Waals surface area contributed by atoms with Crippen molar-refractivity contribution in [2.24, 2.45) is 0 Å². The monoisotopic (exact) mass is 1150 g/mol. The predicted octanol–water partition coefficient (Wildman–Crippen LogP) is 23.0. The quantitative estimate of drug-likeness (QED) is 0.121. The fraction of sp³-hybridized carbons (Fsp3) is 0.0682. The Balaban J connectivity index is 0.674. The van der Waals surface area contributed by atoms with E-state index in [0.717, 1.165) is 0 Å². The topological polar surface area (TPSA) is 9.86 Å². The highest BCUT2D eigenvalue weighted by atomic mass is 15.0. The van der Waals surface area contributed by atoms with Crippen LogP contribution in [0.25, 0.3) is 123 Å². The minimum absolute atomic E-state index is 0.210. The number of hydrogen-bond acceptors (Lipinski definition) is 0. The zero-order chi connectivity index (χ0) is 60.2. The zero-order valence-electron chi connectivity index (χ0n) is 50.9. The highest BCUT2D eigenvalue weighted by Gasteiger charge is 2.42. The summed E-state index contributed by atoms with van der Waals surface area (Å²) in [4.78, 5) is 0. The molecule has 13 aromatic carbocycles. The summed E-state index contributed by atoms with van der Waals surface area (Å²) in [6.45, 7) is 9.67. The molecule has 0 saturated heterocycles. The molecule has 0 radical (unpaired) electrons. The molecule has 0 saturated carbocycles. The molecule has 2 aromatic heterocycles. The van der Waals surface area contributed by atoms with Gasteiger partial charge < -0.3 is 9.13 Å². The van der Waals surface area contributed by atoms with Crippen molar-refractivity contribution in [2.75, 3.05) is 0 Å². The lowest BCUT2D eigenvalue weighted by molar-refractivity contribution is 0.652. The fourth-order valence-electron chi connectivity index (χ4n) is 15.1. The smallest absolute Gasteiger partial charge is 0.0541 e. The third kappa shape index (κ3) is 8.62. The summed E-state index contributed by atoms with van der Waals surface area (Å²) in [7, 11) is 0. The molecule has 2 heterocycles. The maximum absolute atomic E-state index is 2.54. The molecule has 426 valence electrons. The second-order valence-electron chi connectivity index (χ2n) is 25.6. The third-order valence-corrected chi connectivity index (χ3v) is 19.7. The fourth-order valence-corrected chi connectivity index (χ4v) is 15.1. The Morgan fingerprint density at radius 2 is 0.578 bits per heavy atom. The van der Waals surface area contributed by atoms with Gasteiger partial charge in [0.25, 0.3) is 0 Å². The lowest BCUT2D eigenvalue weighted by Gasteiger charge is -2.24. The molecule has 2 aliphatic carbocycles. The molecule has 0 amide bonds. The van der Waals surface area contributed by atoms with E-state index < -0.39 is 0 Å². The molecule has 0 spiro atoms. The molecule has 0 aliphatic heterocycles. The van der Waals surface area contributed by atoms with E-state index in [9.17, 15) is 0 Å². The highest BCUT2D eigenvalue weighted by molar-refractivity contribution is 6.12. The normalized spacial score (nSPS) is 13.9. The van der Waals surface area contributed by atoms with Crippen LogP contribution in [0.4, 0.5) is 0 Å². The Morgan fingerprint density at radius 3 is 0.978 bits per heavy atom. The van der Waals surface area contributed by atoms with Crippen LogP contribution in [-0.4, -0.2) is 9.13 Å². The van der Waals surface area contributed by atoms with Gasteiger partial charge in [0.05, 0.1) is 22.1 Å². The molecule has 0 N–H and O–H groups in total. The Morgan fingerprint density at radius 1 is 0.256 bits per heavy atom. The maximum Gasteiger partial charge on any atom is 0.0541 e. The van der Waals surface area contributed by atoms with Crippen LogP contribution in [-0.2, 0) is 10.8 Å². The van der Waals surface area contributed by atoms with Gasteiger partial charge in [-0.3, -0.25) is 0 Å². The van der Waals surface area contributed by atoms with Crippen molar-refractivity contribution in [3.8, 4) is 55.9 Å². The Kier molecular flexibility index (Phi) is 12.3. The summed E-state index contributed by atoms with van der Waals surface area (Å²) in [6.07, 6.45) is 4.79. The largest absolute Gasteiger partial charge is 0.309 e. The van der Waals surface area contributed by atoms with Gasteiger partial charge >= 0.3 is 0 Å². The summed E-state index contributed by atoms with van der Waals surface area (Å²) in [5.74, 6) is 0. The first-order valence-corrected chi connectivity index (χ1v) is 31.5. The first-order valence-electron chi connectivity index (χ1n) is 31.5. The van der Waals surface area contributed by atoms with Gasteiger partial charge in [-0.25, -0.2) is 0 Å². The average Bonchev–Trinajstić information content (AvgIpc) is 1.86. The minimum Gasteiger partial charge on any atom is -0.309 e. The van der Waals surface area contributed by atoms with Crippen LogP contribution in [0.1, 0.15) is 83.3 Å².